The highest BCUT2D eigenvalue weighted by Gasteiger charge is 2.36. The van der Waals surface area contributed by atoms with E-state index < -0.39 is 5.91 Å². The maximum absolute atomic E-state index is 12.7. The van der Waals surface area contributed by atoms with E-state index in [9.17, 15) is 9.59 Å². The molecule has 0 unspecified atom stereocenters. The Hall–Kier alpha value is -2.64. The third-order valence-corrected chi connectivity index (χ3v) is 5.01. The zero-order valence-corrected chi connectivity index (χ0v) is 15.1. The number of rotatable bonds is 3. The number of fused-ring (bicyclic) bond motifs is 1. The van der Waals surface area contributed by atoms with E-state index in [1.165, 1.54) is 7.11 Å². The van der Waals surface area contributed by atoms with Crippen molar-refractivity contribution in [2.24, 2.45) is 0 Å². The number of halogens is 1. The van der Waals surface area contributed by atoms with Gasteiger partial charge in [0, 0.05) is 16.7 Å². The van der Waals surface area contributed by atoms with Crippen LogP contribution in [-0.2, 0) is 4.79 Å². The van der Waals surface area contributed by atoms with Crippen molar-refractivity contribution in [2.75, 3.05) is 18.8 Å². The summed E-state index contributed by atoms with van der Waals surface area (Å²) in [6, 6.07) is 9.93. The Kier molecular flexibility index (Phi) is 4.26. The normalized spacial score (nSPS) is 17.3. The second-order valence-corrected chi connectivity index (χ2v) is 6.87. The van der Waals surface area contributed by atoms with Gasteiger partial charge < -0.3 is 14.2 Å². The highest BCUT2D eigenvalue weighted by atomic mass is 35.5. The van der Waals surface area contributed by atoms with Crippen molar-refractivity contribution in [1.29, 1.82) is 0 Å². The van der Waals surface area contributed by atoms with Gasteiger partial charge in [0.05, 0.1) is 17.7 Å². The van der Waals surface area contributed by atoms with Gasteiger partial charge in [-0.25, -0.2) is 4.90 Å². The summed E-state index contributed by atoms with van der Waals surface area (Å²) in [6.45, 7) is 0.134. The van der Waals surface area contributed by atoms with Crippen LogP contribution in [0.5, 0.6) is 17.2 Å². The second kappa shape index (κ2) is 6.59. The first-order valence-corrected chi connectivity index (χ1v) is 8.77. The Morgan fingerprint density at radius 3 is 2.54 bits per heavy atom. The molecule has 2 heterocycles. The average Bonchev–Trinajstić information content (AvgIpc) is 3.19. The largest absolute Gasteiger partial charge is 0.496 e. The molecule has 26 heavy (non-hydrogen) atoms. The number of carbonyl (C=O) groups is 2. The van der Waals surface area contributed by atoms with Crippen molar-refractivity contribution in [3.63, 3.8) is 0 Å². The first kappa shape index (κ1) is 16.8. The predicted molar refractivity (Wildman–Crippen MR) is 99.0 cm³/mol. The van der Waals surface area contributed by atoms with E-state index in [2.05, 4.69) is 0 Å². The molecule has 132 valence electrons. The van der Waals surface area contributed by atoms with Crippen molar-refractivity contribution in [3.05, 3.63) is 51.9 Å². The number of thioether (sulfide) groups is 1. The van der Waals surface area contributed by atoms with E-state index in [4.69, 9.17) is 25.8 Å². The van der Waals surface area contributed by atoms with Crippen LogP contribution in [0.3, 0.4) is 0 Å². The van der Waals surface area contributed by atoms with Crippen LogP contribution in [0.15, 0.2) is 41.3 Å². The van der Waals surface area contributed by atoms with Gasteiger partial charge in [-0.1, -0.05) is 11.6 Å². The van der Waals surface area contributed by atoms with Gasteiger partial charge >= 0.3 is 0 Å². The van der Waals surface area contributed by atoms with Crippen LogP contribution in [-0.4, -0.2) is 25.0 Å². The minimum Gasteiger partial charge on any atom is -0.496 e. The molecule has 8 heteroatoms. The Morgan fingerprint density at radius 1 is 1.15 bits per heavy atom. The van der Waals surface area contributed by atoms with Gasteiger partial charge in [-0.3, -0.25) is 9.59 Å². The summed E-state index contributed by atoms with van der Waals surface area (Å²) in [5, 5.41) is 0.157. The Balaban J connectivity index is 1.70. The third kappa shape index (κ3) is 2.89. The van der Waals surface area contributed by atoms with E-state index in [1.54, 1.807) is 42.5 Å². The molecule has 0 atom stereocenters. The molecule has 2 aromatic carbocycles. The fourth-order valence-corrected chi connectivity index (χ4v) is 3.61. The molecule has 0 aliphatic carbocycles. The molecular weight excluding hydrogens is 378 g/mol. The van der Waals surface area contributed by atoms with Gasteiger partial charge in [0.2, 0.25) is 6.79 Å². The van der Waals surface area contributed by atoms with Crippen LogP contribution in [0.4, 0.5) is 10.5 Å². The second-order valence-electron chi connectivity index (χ2n) is 5.44. The van der Waals surface area contributed by atoms with Crippen molar-refractivity contribution < 1.29 is 23.8 Å². The van der Waals surface area contributed by atoms with Gasteiger partial charge in [0.25, 0.3) is 11.1 Å². The molecule has 0 bridgehead atoms. The zero-order valence-electron chi connectivity index (χ0n) is 13.5. The first-order valence-electron chi connectivity index (χ1n) is 7.58. The molecule has 0 aromatic heterocycles. The Morgan fingerprint density at radius 2 is 1.85 bits per heavy atom. The summed E-state index contributed by atoms with van der Waals surface area (Å²) in [6.07, 6.45) is 1.61. The van der Waals surface area contributed by atoms with Crippen molar-refractivity contribution >= 4 is 46.3 Å². The highest BCUT2D eigenvalue weighted by Crippen LogP contribution is 2.41. The van der Waals surface area contributed by atoms with E-state index in [1.807, 2.05) is 0 Å². The quantitative estimate of drug-likeness (QED) is 0.728. The molecule has 4 rings (SSSR count). The van der Waals surface area contributed by atoms with Crippen molar-refractivity contribution in [1.82, 2.24) is 0 Å². The number of hydrogen-bond acceptors (Lipinski definition) is 6. The number of hydrogen-bond donors (Lipinski definition) is 0. The van der Waals surface area contributed by atoms with E-state index in [0.717, 1.165) is 16.7 Å². The van der Waals surface area contributed by atoms with Crippen LogP contribution < -0.4 is 19.1 Å². The Labute approximate surface area is 158 Å². The summed E-state index contributed by atoms with van der Waals surface area (Å²) < 4.78 is 16.0. The van der Waals surface area contributed by atoms with E-state index in [0.29, 0.717) is 38.4 Å². The van der Waals surface area contributed by atoms with Gasteiger partial charge in [-0.15, -0.1) is 0 Å². The molecule has 0 saturated carbocycles. The number of benzene rings is 2. The smallest absolute Gasteiger partial charge is 0.298 e. The third-order valence-electron chi connectivity index (χ3n) is 3.89. The molecule has 6 nitrogen and oxygen atoms in total. The van der Waals surface area contributed by atoms with Crippen molar-refractivity contribution in [3.8, 4) is 17.2 Å². The average molecular weight is 390 g/mol. The lowest BCUT2D eigenvalue weighted by Gasteiger charge is -2.12. The number of amides is 2. The number of anilines is 1. The standard InChI is InChI=1S/C18H12ClNO5S/c1-23-13-8-15-14(24-9-25-15)6-10(13)7-16-17(21)20(18(22)26-16)12-4-2-11(19)3-5-12/h2-8H,9H2,1H3. The maximum Gasteiger partial charge on any atom is 0.298 e. The maximum atomic E-state index is 12.7. The summed E-state index contributed by atoms with van der Waals surface area (Å²) in [5.41, 5.74) is 1.09. The molecule has 0 spiro atoms. The number of nitrogens with zero attached hydrogens (tertiary/aromatic N) is 1. The van der Waals surface area contributed by atoms with Gasteiger partial charge in [0.15, 0.2) is 11.5 Å². The van der Waals surface area contributed by atoms with E-state index in [-0.39, 0.29) is 12.0 Å². The number of ether oxygens (including phenoxy) is 3. The van der Waals surface area contributed by atoms with Gasteiger partial charge in [-0.2, -0.15) is 0 Å². The highest BCUT2D eigenvalue weighted by molar-refractivity contribution is 8.19. The molecule has 0 N–H and O–H groups in total. The summed E-state index contributed by atoms with van der Waals surface area (Å²) >= 11 is 6.73. The first-order chi connectivity index (χ1) is 12.6. The molecule has 0 radical (unpaired) electrons. The molecule has 1 fully saturated rings. The lowest BCUT2D eigenvalue weighted by molar-refractivity contribution is -0.113. The monoisotopic (exact) mass is 389 g/mol. The van der Waals surface area contributed by atoms with Crippen LogP contribution in [0.25, 0.3) is 6.08 Å². The lowest BCUT2D eigenvalue weighted by atomic mass is 10.1. The molecule has 2 amide bonds. The zero-order chi connectivity index (χ0) is 18.3. The number of imide groups is 1. The Bertz CT molecular complexity index is 941. The number of methoxy groups -OCH3 is 1. The summed E-state index contributed by atoms with van der Waals surface area (Å²) in [7, 11) is 1.52. The molecule has 2 aliphatic heterocycles. The predicted octanol–water partition coefficient (Wildman–Crippen LogP) is 4.32. The minimum atomic E-state index is -0.401. The summed E-state index contributed by atoms with van der Waals surface area (Å²) in [5.74, 6) is 1.26. The van der Waals surface area contributed by atoms with E-state index >= 15 is 0 Å². The van der Waals surface area contributed by atoms with Gasteiger partial charge in [-0.05, 0) is 48.2 Å². The van der Waals surface area contributed by atoms with Crippen LogP contribution >= 0.6 is 23.4 Å². The molecule has 2 aliphatic rings. The van der Waals surface area contributed by atoms with Crippen LogP contribution in [0.2, 0.25) is 5.02 Å². The molecular formula is C18H12ClNO5S. The number of carbonyl (C=O) groups excluding carboxylic acids is 2. The fourth-order valence-electron chi connectivity index (χ4n) is 2.65. The molecule has 1 saturated heterocycles. The molecule has 2 aromatic rings. The van der Waals surface area contributed by atoms with Gasteiger partial charge in [0.1, 0.15) is 5.75 Å². The summed E-state index contributed by atoms with van der Waals surface area (Å²) in [4.78, 5) is 26.5. The van der Waals surface area contributed by atoms with Crippen LogP contribution in [0, 0.1) is 0 Å². The lowest BCUT2D eigenvalue weighted by Crippen LogP contribution is -2.27. The van der Waals surface area contributed by atoms with Crippen LogP contribution in [0.1, 0.15) is 5.56 Å². The minimum absolute atomic E-state index is 0.134. The van der Waals surface area contributed by atoms with Crippen molar-refractivity contribution in [2.45, 2.75) is 0 Å². The SMILES string of the molecule is COc1cc2c(cc1C=C1SC(=O)N(c3ccc(Cl)cc3)C1=O)OCO2. The topological polar surface area (TPSA) is 65.1 Å². The fraction of sp³-hybridized carbons (Fsp3) is 0.111.